The lowest BCUT2D eigenvalue weighted by molar-refractivity contribution is -0.116. The van der Waals surface area contributed by atoms with Gasteiger partial charge in [-0.25, -0.2) is 0 Å². The first-order valence-corrected chi connectivity index (χ1v) is 7.18. The SMILES string of the molecule is CC(C)(N)CCC(=O)Nc1ccc(-c2ccccc2)cc1. The molecule has 21 heavy (non-hydrogen) atoms. The molecule has 0 aliphatic rings. The molecule has 0 saturated heterocycles. The van der Waals surface area contributed by atoms with Crippen molar-refractivity contribution in [1.29, 1.82) is 0 Å². The molecule has 0 aliphatic carbocycles. The predicted molar refractivity (Wildman–Crippen MR) is 88.0 cm³/mol. The maximum Gasteiger partial charge on any atom is 0.224 e. The second kappa shape index (κ2) is 6.55. The van der Waals surface area contributed by atoms with Crippen LogP contribution < -0.4 is 11.1 Å². The van der Waals surface area contributed by atoms with Crippen molar-refractivity contribution in [2.45, 2.75) is 32.2 Å². The molecule has 0 bridgehead atoms. The molecule has 1 amide bonds. The molecular weight excluding hydrogens is 260 g/mol. The number of nitrogens with one attached hydrogen (secondary N) is 1. The van der Waals surface area contributed by atoms with Crippen LogP contribution in [0.4, 0.5) is 5.69 Å². The van der Waals surface area contributed by atoms with Gasteiger partial charge in [-0.15, -0.1) is 0 Å². The average molecular weight is 282 g/mol. The molecule has 0 aromatic heterocycles. The fourth-order valence-electron chi connectivity index (χ4n) is 2.04. The van der Waals surface area contributed by atoms with Crippen LogP contribution in [0.1, 0.15) is 26.7 Å². The first kappa shape index (κ1) is 15.3. The van der Waals surface area contributed by atoms with Crippen LogP contribution in [0.2, 0.25) is 0 Å². The summed E-state index contributed by atoms with van der Waals surface area (Å²) >= 11 is 0. The lowest BCUT2D eigenvalue weighted by Crippen LogP contribution is -2.33. The van der Waals surface area contributed by atoms with E-state index >= 15 is 0 Å². The number of nitrogens with two attached hydrogens (primary N) is 1. The van der Waals surface area contributed by atoms with Gasteiger partial charge in [0.1, 0.15) is 0 Å². The molecule has 2 rings (SSSR count). The summed E-state index contributed by atoms with van der Waals surface area (Å²) in [6, 6.07) is 18.0. The molecule has 0 aliphatic heterocycles. The van der Waals surface area contributed by atoms with Crippen LogP contribution in [-0.2, 0) is 4.79 Å². The van der Waals surface area contributed by atoms with Crippen molar-refractivity contribution in [3.05, 3.63) is 54.6 Å². The summed E-state index contributed by atoms with van der Waals surface area (Å²) in [4.78, 5) is 11.8. The highest BCUT2D eigenvalue weighted by molar-refractivity contribution is 5.91. The van der Waals surface area contributed by atoms with Crippen molar-refractivity contribution >= 4 is 11.6 Å². The van der Waals surface area contributed by atoms with Gasteiger partial charge in [0.05, 0.1) is 0 Å². The van der Waals surface area contributed by atoms with Crippen LogP contribution in [-0.4, -0.2) is 11.4 Å². The highest BCUT2D eigenvalue weighted by atomic mass is 16.1. The van der Waals surface area contributed by atoms with Crippen molar-refractivity contribution in [3.8, 4) is 11.1 Å². The van der Waals surface area contributed by atoms with E-state index in [1.54, 1.807) is 0 Å². The zero-order chi connectivity index (χ0) is 15.3. The minimum Gasteiger partial charge on any atom is -0.326 e. The van der Waals surface area contributed by atoms with Crippen LogP contribution in [0.15, 0.2) is 54.6 Å². The minimum absolute atomic E-state index is 0.000913. The maximum atomic E-state index is 11.8. The van der Waals surface area contributed by atoms with Crippen molar-refractivity contribution in [3.63, 3.8) is 0 Å². The Morgan fingerprint density at radius 1 is 1.00 bits per heavy atom. The van der Waals surface area contributed by atoms with Crippen molar-refractivity contribution in [1.82, 2.24) is 0 Å². The van der Waals surface area contributed by atoms with Crippen LogP contribution in [0.5, 0.6) is 0 Å². The van der Waals surface area contributed by atoms with Crippen molar-refractivity contribution in [2.75, 3.05) is 5.32 Å². The third-order valence-electron chi connectivity index (χ3n) is 3.27. The van der Waals surface area contributed by atoms with E-state index in [-0.39, 0.29) is 11.4 Å². The minimum atomic E-state index is -0.311. The quantitative estimate of drug-likeness (QED) is 0.876. The number of carbonyl (C=O) groups excluding carboxylic acids is 1. The molecule has 2 aromatic carbocycles. The Bertz CT molecular complexity index is 583. The Morgan fingerprint density at radius 2 is 1.57 bits per heavy atom. The molecule has 3 nitrogen and oxygen atoms in total. The summed E-state index contributed by atoms with van der Waals surface area (Å²) in [6.45, 7) is 3.85. The molecule has 0 heterocycles. The zero-order valence-corrected chi connectivity index (χ0v) is 12.6. The lowest BCUT2D eigenvalue weighted by atomic mass is 10.00. The van der Waals surface area contributed by atoms with Gasteiger partial charge in [0, 0.05) is 17.6 Å². The molecule has 0 saturated carbocycles. The average Bonchev–Trinajstić information content (AvgIpc) is 2.46. The molecule has 0 radical (unpaired) electrons. The standard InChI is InChI=1S/C18H22N2O/c1-18(2,19)13-12-17(21)20-16-10-8-15(9-11-16)14-6-4-3-5-7-14/h3-11H,12-13,19H2,1-2H3,(H,20,21). The number of carbonyl (C=O) groups is 1. The van der Waals surface area contributed by atoms with Gasteiger partial charge in [0.2, 0.25) is 5.91 Å². The van der Waals surface area contributed by atoms with Gasteiger partial charge >= 0.3 is 0 Å². The molecule has 3 N–H and O–H groups in total. The molecule has 110 valence electrons. The van der Waals surface area contributed by atoms with E-state index in [1.807, 2.05) is 56.3 Å². The number of rotatable bonds is 5. The summed E-state index contributed by atoms with van der Waals surface area (Å²) in [5, 5.41) is 2.90. The Balaban J connectivity index is 1.95. The maximum absolute atomic E-state index is 11.8. The largest absolute Gasteiger partial charge is 0.326 e. The van der Waals surface area contributed by atoms with E-state index in [1.165, 1.54) is 5.56 Å². The number of amides is 1. The Hall–Kier alpha value is -2.13. The summed E-state index contributed by atoms with van der Waals surface area (Å²) in [7, 11) is 0. The smallest absolute Gasteiger partial charge is 0.224 e. The molecule has 0 unspecified atom stereocenters. The van der Waals surface area contributed by atoms with Crippen LogP contribution in [0, 0.1) is 0 Å². The lowest BCUT2D eigenvalue weighted by Gasteiger charge is -2.17. The summed E-state index contributed by atoms with van der Waals surface area (Å²) in [6.07, 6.45) is 1.10. The molecule has 2 aromatic rings. The first-order valence-electron chi connectivity index (χ1n) is 7.18. The van der Waals surface area contributed by atoms with Crippen molar-refractivity contribution in [2.24, 2.45) is 5.73 Å². The molecule has 0 atom stereocenters. The fraction of sp³-hybridized carbons (Fsp3) is 0.278. The van der Waals surface area contributed by atoms with Crippen molar-refractivity contribution < 1.29 is 4.79 Å². The second-order valence-electron chi connectivity index (χ2n) is 5.98. The highest BCUT2D eigenvalue weighted by Gasteiger charge is 2.13. The second-order valence-corrected chi connectivity index (χ2v) is 5.98. The number of benzene rings is 2. The van der Waals surface area contributed by atoms with E-state index in [4.69, 9.17) is 5.73 Å². The van der Waals surface area contributed by atoms with Gasteiger partial charge in [-0.1, -0.05) is 42.5 Å². The van der Waals surface area contributed by atoms with E-state index in [0.717, 1.165) is 11.3 Å². The summed E-state index contributed by atoms with van der Waals surface area (Å²) in [5.41, 5.74) is 8.69. The van der Waals surface area contributed by atoms with E-state index in [9.17, 15) is 4.79 Å². The van der Waals surface area contributed by atoms with Gasteiger partial charge in [0.15, 0.2) is 0 Å². The van der Waals surface area contributed by atoms with E-state index in [2.05, 4.69) is 17.4 Å². The van der Waals surface area contributed by atoms with Gasteiger partial charge < -0.3 is 11.1 Å². The highest BCUT2D eigenvalue weighted by Crippen LogP contribution is 2.21. The van der Waals surface area contributed by atoms with E-state index in [0.29, 0.717) is 12.8 Å². The molecule has 0 spiro atoms. The Morgan fingerprint density at radius 3 is 2.14 bits per heavy atom. The van der Waals surface area contributed by atoms with E-state index < -0.39 is 0 Å². The number of hydrogen-bond donors (Lipinski definition) is 2. The van der Waals surface area contributed by atoms with Crippen LogP contribution in [0.25, 0.3) is 11.1 Å². The van der Waals surface area contributed by atoms with Crippen LogP contribution >= 0.6 is 0 Å². The van der Waals surface area contributed by atoms with Gasteiger partial charge in [-0.05, 0) is 43.5 Å². The molecular formula is C18H22N2O. The summed E-state index contributed by atoms with van der Waals surface area (Å²) in [5.74, 6) is 0.000913. The monoisotopic (exact) mass is 282 g/mol. The van der Waals surface area contributed by atoms with Gasteiger partial charge in [-0.2, -0.15) is 0 Å². The first-order chi connectivity index (χ1) is 9.94. The third-order valence-corrected chi connectivity index (χ3v) is 3.27. The molecule has 3 heteroatoms. The van der Waals surface area contributed by atoms with Gasteiger partial charge in [-0.3, -0.25) is 4.79 Å². The Kier molecular flexibility index (Phi) is 4.76. The molecule has 0 fully saturated rings. The predicted octanol–water partition coefficient (Wildman–Crippen LogP) is 3.81. The fourth-order valence-corrected chi connectivity index (χ4v) is 2.04. The normalized spacial score (nSPS) is 11.2. The zero-order valence-electron chi connectivity index (χ0n) is 12.6. The number of hydrogen-bond acceptors (Lipinski definition) is 2. The van der Waals surface area contributed by atoms with Crippen LogP contribution in [0.3, 0.4) is 0 Å². The topological polar surface area (TPSA) is 55.1 Å². The summed E-state index contributed by atoms with van der Waals surface area (Å²) < 4.78 is 0. The number of anilines is 1. The van der Waals surface area contributed by atoms with Gasteiger partial charge in [0.25, 0.3) is 0 Å². The Labute approximate surface area is 126 Å². The third kappa shape index (κ3) is 5.04.